The summed E-state index contributed by atoms with van der Waals surface area (Å²) in [6.45, 7) is 9.27. The molecule has 1 aliphatic rings. The van der Waals surface area contributed by atoms with Crippen LogP contribution < -0.4 is 5.32 Å². The maximum absolute atomic E-state index is 11.5. The van der Waals surface area contributed by atoms with Gasteiger partial charge in [-0.2, -0.15) is 0 Å². The van der Waals surface area contributed by atoms with E-state index in [0.717, 1.165) is 12.8 Å². The van der Waals surface area contributed by atoms with Crippen LogP contribution >= 0.6 is 0 Å². The number of rotatable bonds is 4. The first-order chi connectivity index (χ1) is 8.02. The summed E-state index contributed by atoms with van der Waals surface area (Å²) in [7, 11) is 0. The predicted octanol–water partition coefficient (Wildman–Crippen LogP) is 3.58. The van der Waals surface area contributed by atoms with Gasteiger partial charge in [0, 0.05) is 6.54 Å². The number of hydrogen-bond donors (Lipinski definition) is 1. The molecular weight excluding hydrogens is 214 g/mol. The molecule has 0 heterocycles. The second-order valence-corrected chi connectivity index (χ2v) is 5.78. The zero-order chi connectivity index (χ0) is 12.8. The third-order valence-corrected chi connectivity index (χ3v) is 3.54. The van der Waals surface area contributed by atoms with Gasteiger partial charge in [0.15, 0.2) is 0 Å². The van der Waals surface area contributed by atoms with Crippen molar-refractivity contribution in [2.45, 2.75) is 59.5 Å². The van der Waals surface area contributed by atoms with Crippen LogP contribution in [0.25, 0.3) is 0 Å². The van der Waals surface area contributed by atoms with Crippen LogP contribution in [0.4, 0.5) is 4.79 Å². The number of carbonyl (C=O) groups excluding carboxylic acids is 1. The Balaban J connectivity index is 2.51. The lowest BCUT2D eigenvalue weighted by Gasteiger charge is -2.35. The molecule has 1 N–H and O–H groups in total. The first kappa shape index (κ1) is 14.3. The molecule has 0 aliphatic heterocycles. The summed E-state index contributed by atoms with van der Waals surface area (Å²) in [5.41, 5.74) is 0. The van der Waals surface area contributed by atoms with E-state index < -0.39 is 0 Å². The average Bonchev–Trinajstić information content (AvgIpc) is 2.22. The van der Waals surface area contributed by atoms with Crippen molar-refractivity contribution in [3.63, 3.8) is 0 Å². The van der Waals surface area contributed by atoms with Gasteiger partial charge < -0.3 is 10.1 Å². The molecule has 1 rings (SSSR count). The summed E-state index contributed by atoms with van der Waals surface area (Å²) >= 11 is 0. The second kappa shape index (κ2) is 6.87. The first-order valence-corrected chi connectivity index (χ1v) is 6.97. The Morgan fingerprint density at radius 1 is 1.41 bits per heavy atom. The zero-order valence-corrected chi connectivity index (χ0v) is 11.7. The summed E-state index contributed by atoms with van der Waals surface area (Å²) in [4.78, 5) is 11.5. The molecule has 3 unspecified atom stereocenters. The van der Waals surface area contributed by atoms with Gasteiger partial charge in [0.25, 0.3) is 0 Å². The quantitative estimate of drug-likeness (QED) is 0.817. The minimum Gasteiger partial charge on any atom is -0.446 e. The lowest BCUT2D eigenvalue weighted by atomic mass is 9.77. The summed E-state index contributed by atoms with van der Waals surface area (Å²) < 4.78 is 5.57. The fourth-order valence-electron chi connectivity index (χ4n) is 2.73. The molecular formula is C14H27NO2. The molecule has 100 valence electrons. The molecule has 0 aromatic carbocycles. The highest BCUT2D eigenvalue weighted by Gasteiger charge is 2.31. The fraction of sp³-hybridized carbons (Fsp3) is 0.929. The maximum Gasteiger partial charge on any atom is 0.407 e. The van der Waals surface area contributed by atoms with E-state index in [-0.39, 0.29) is 12.2 Å². The molecule has 3 heteroatoms. The van der Waals surface area contributed by atoms with Gasteiger partial charge in [-0.25, -0.2) is 4.79 Å². The number of hydrogen-bond acceptors (Lipinski definition) is 2. The summed E-state index contributed by atoms with van der Waals surface area (Å²) in [6, 6.07) is 0. The Morgan fingerprint density at radius 2 is 2.12 bits per heavy atom. The molecule has 1 aliphatic carbocycles. The molecule has 3 nitrogen and oxygen atoms in total. The molecule has 0 radical (unpaired) electrons. The molecule has 1 amide bonds. The smallest absolute Gasteiger partial charge is 0.407 e. The van der Waals surface area contributed by atoms with Crippen molar-refractivity contribution < 1.29 is 9.53 Å². The monoisotopic (exact) mass is 241 g/mol. The van der Waals surface area contributed by atoms with E-state index in [4.69, 9.17) is 4.74 Å². The van der Waals surface area contributed by atoms with Crippen LogP contribution in [0.2, 0.25) is 0 Å². The molecule has 3 atom stereocenters. The van der Waals surface area contributed by atoms with Gasteiger partial charge in [0.2, 0.25) is 0 Å². The van der Waals surface area contributed by atoms with E-state index >= 15 is 0 Å². The number of nitrogens with one attached hydrogen (secondary N) is 1. The number of amides is 1. The molecule has 1 saturated carbocycles. The summed E-state index contributed by atoms with van der Waals surface area (Å²) in [5.74, 6) is 1.90. The van der Waals surface area contributed by atoms with E-state index in [9.17, 15) is 4.79 Å². The predicted molar refractivity (Wildman–Crippen MR) is 69.9 cm³/mol. The number of ether oxygens (including phenoxy) is 1. The summed E-state index contributed by atoms with van der Waals surface area (Å²) in [6.07, 6.45) is 4.52. The highest BCUT2D eigenvalue weighted by molar-refractivity contribution is 5.67. The minimum atomic E-state index is -0.250. The average molecular weight is 241 g/mol. The Morgan fingerprint density at radius 3 is 2.71 bits per heavy atom. The summed E-state index contributed by atoms with van der Waals surface area (Å²) in [5, 5.41) is 2.72. The molecule has 0 aromatic heterocycles. The van der Waals surface area contributed by atoms with Crippen molar-refractivity contribution in [3.8, 4) is 0 Å². The van der Waals surface area contributed by atoms with Gasteiger partial charge in [-0.3, -0.25) is 0 Å². The van der Waals surface area contributed by atoms with Gasteiger partial charge in [-0.05, 0) is 43.9 Å². The lowest BCUT2D eigenvalue weighted by molar-refractivity contribution is 0.0158. The Labute approximate surface area is 105 Å². The number of alkyl carbamates (subject to hydrolysis) is 1. The Bertz CT molecular complexity index is 240. The van der Waals surface area contributed by atoms with Crippen LogP contribution in [-0.4, -0.2) is 18.7 Å². The standard InChI is InChI=1S/C14H27NO2/c1-5-15-14(16)17-13-9-11(4)6-7-12(13)8-10(2)3/h10-13H,5-9H2,1-4H3,(H,15,16). The van der Waals surface area contributed by atoms with Gasteiger partial charge in [-0.15, -0.1) is 0 Å². The van der Waals surface area contributed by atoms with Crippen LogP contribution in [0, 0.1) is 17.8 Å². The number of carbonyl (C=O) groups is 1. The third kappa shape index (κ3) is 4.97. The van der Waals surface area contributed by atoms with Crippen molar-refractivity contribution in [1.29, 1.82) is 0 Å². The molecule has 0 saturated heterocycles. The molecule has 0 spiro atoms. The first-order valence-electron chi connectivity index (χ1n) is 6.97. The Hall–Kier alpha value is -0.730. The highest BCUT2D eigenvalue weighted by atomic mass is 16.6. The normalized spacial score (nSPS) is 29.1. The molecule has 0 aromatic rings. The molecule has 17 heavy (non-hydrogen) atoms. The van der Waals surface area contributed by atoms with E-state index in [0.29, 0.717) is 24.3 Å². The molecule has 0 bridgehead atoms. The van der Waals surface area contributed by atoms with E-state index in [1.54, 1.807) is 0 Å². The molecule has 1 fully saturated rings. The van der Waals surface area contributed by atoms with Gasteiger partial charge in [0.1, 0.15) is 6.10 Å². The van der Waals surface area contributed by atoms with Crippen molar-refractivity contribution in [3.05, 3.63) is 0 Å². The van der Waals surface area contributed by atoms with Crippen LogP contribution in [-0.2, 0) is 4.74 Å². The Kier molecular flexibility index (Phi) is 5.79. The largest absolute Gasteiger partial charge is 0.446 e. The van der Waals surface area contributed by atoms with Crippen LogP contribution in [0.5, 0.6) is 0 Å². The van der Waals surface area contributed by atoms with Gasteiger partial charge in [0.05, 0.1) is 0 Å². The van der Waals surface area contributed by atoms with Crippen molar-refractivity contribution >= 4 is 6.09 Å². The van der Waals surface area contributed by atoms with Crippen LogP contribution in [0.15, 0.2) is 0 Å². The highest BCUT2D eigenvalue weighted by Crippen LogP contribution is 2.34. The topological polar surface area (TPSA) is 38.3 Å². The van der Waals surface area contributed by atoms with E-state index in [1.165, 1.54) is 12.8 Å². The van der Waals surface area contributed by atoms with Crippen LogP contribution in [0.3, 0.4) is 0 Å². The van der Waals surface area contributed by atoms with Crippen molar-refractivity contribution in [2.75, 3.05) is 6.54 Å². The van der Waals surface area contributed by atoms with Gasteiger partial charge >= 0.3 is 6.09 Å². The third-order valence-electron chi connectivity index (χ3n) is 3.54. The SMILES string of the molecule is CCNC(=O)OC1CC(C)CCC1CC(C)C. The van der Waals surface area contributed by atoms with Crippen molar-refractivity contribution in [2.24, 2.45) is 17.8 Å². The van der Waals surface area contributed by atoms with E-state index in [1.807, 2.05) is 6.92 Å². The lowest BCUT2D eigenvalue weighted by Crippen LogP contribution is -2.37. The maximum atomic E-state index is 11.5. The zero-order valence-electron chi connectivity index (χ0n) is 11.7. The van der Waals surface area contributed by atoms with E-state index in [2.05, 4.69) is 26.1 Å². The van der Waals surface area contributed by atoms with Crippen LogP contribution in [0.1, 0.15) is 53.4 Å². The fourth-order valence-corrected chi connectivity index (χ4v) is 2.73. The minimum absolute atomic E-state index is 0.118. The van der Waals surface area contributed by atoms with Gasteiger partial charge in [-0.1, -0.05) is 27.2 Å². The second-order valence-electron chi connectivity index (χ2n) is 5.78. The van der Waals surface area contributed by atoms with Crippen molar-refractivity contribution in [1.82, 2.24) is 5.32 Å².